The Morgan fingerprint density at radius 2 is 1.75 bits per heavy atom. The summed E-state index contributed by atoms with van der Waals surface area (Å²) >= 11 is 11.8. The summed E-state index contributed by atoms with van der Waals surface area (Å²) in [6.07, 6.45) is 1.06. The van der Waals surface area contributed by atoms with Gasteiger partial charge in [0.2, 0.25) is 15.9 Å². The fraction of sp³-hybridized carbons (Fsp3) is 0.316. The number of carbonyl (C=O) groups is 1. The number of sulfonamides is 1. The maximum Gasteiger partial charge on any atom is 0.243 e. The molecule has 0 aliphatic heterocycles. The summed E-state index contributed by atoms with van der Waals surface area (Å²) < 4.78 is 31.3. The van der Waals surface area contributed by atoms with Gasteiger partial charge in [0.05, 0.1) is 18.5 Å². The average molecular weight is 445 g/mol. The maximum absolute atomic E-state index is 12.5. The largest absolute Gasteiger partial charge is 0.492 e. The Morgan fingerprint density at radius 1 is 1.14 bits per heavy atom. The Labute approximate surface area is 175 Å². The number of carbonyl (C=O) groups excluding carboxylic acids is 1. The van der Waals surface area contributed by atoms with E-state index >= 15 is 0 Å². The van der Waals surface area contributed by atoms with Crippen LogP contribution in [0, 0.1) is 6.92 Å². The molecule has 0 saturated heterocycles. The zero-order valence-corrected chi connectivity index (χ0v) is 18.1. The van der Waals surface area contributed by atoms with Crippen molar-refractivity contribution in [1.29, 1.82) is 0 Å². The van der Waals surface area contributed by atoms with E-state index in [2.05, 4.69) is 5.32 Å². The number of rotatable bonds is 8. The second-order valence-electron chi connectivity index (χ2n) is 6.26. The summed E-state index contributed by atoms with van der Waals surface area (Å²) in [6, 6.07) is 10.8. The fourth-order valence-electron chi connectivity index (χ4n) is 2.62. The first kappa shape index (κ1) is 22.3. The van der Waals surface area contributed by atoms with Crippen LogP contribution in [0.1, 0.15) is 12.5 Å². The van der Waals surface area contributed by atoms with Gasteiger partial charge in [-0.2, -0.15) is 0 Å². The topological polar surface area (TPSA) is 75.7 Å². The number of ether oxygens (including phenoxy) is 1. The molecule has 2 rings (SSSR count). The SMILES string of the molecule is Cc1ccc(Cl)cc1N(C(C)C(=O)NCCOc1ccc(Cl)cc1)S(C)(=O)=O. The van der Waals surface area contributed by atoms with Gasteiger partial charge in [-0.05, 0) is 55.8 Å². The molecule has 0 fully saturated rings. The van der Waals surface area contributed by atoms with Gasteiger partial charge in [0.25, 0.3) is 0 Å². The van der Waals surface area contributed by atoms with E-state index in [-0.39, 0.29) is 13.2 Å². The molecule has 0 spiro atoms. The molecule has 1 atom stereocenters. The molecule has 2 aromatic carbocycles. The lowest BCUT2D eigenvalue weighted by atomic mass is 10.2. The number of nitrogens with zero attached hydrogens (tertiary/aromatic N) is 1. The molecule has 0 aromatic heterocycles. The number of hydrogen-bond donors (Lipinski definition) is 1. The van der Waals surface area contributed by atoms with E-state index in [0.717, 1.165) is 10.6 Å². The van der Waals surface area contributed by atoms with Crippen molar-refractivity contribution in [1.82, 2.24) is 5.32 Å². The summed E-state index contributed by atoms with van der Waals surface area (Å²) in [5.74, 6) is 0.184. The highest BCUT2D eigenvalue weighted by Crippen LogP contribution is 2.28. The first-order chi connectivity index (χ1) is 13.1. The minimum absolute atomic E-state index is 0.220. The molecule has 0 aliphatic carbocycles. The Balaban J connectivity index is 2.03. The number of nitrogens with one attached hydrogen (secondary N) is 1. The third-order valence-corrected chi connectivity index (χ3v) is 5.70. The lowest BCUT2D eigenvalue weighted by Gasteiger charge is -2.29. The summed E-state index contributed by atoms with van der Waals surface area (Å²) in [4.78, 5) is 12.5. The average Bonchev–Trinajstić information content (AvgIpc) is 2.62. The van der Waals surface area contributed by atoms with E-state index < -0.39 is 22.0 Å². The predicted molar refractivity (Wildman–Crippen MR) is 113 cm³/mol. The number of amides is 1. The quantitative estimate of drug-likeness (QED) is 0.630. The molecule has 0 radical (unpaired) electrons. The molecule has 2 aromatic rings. The zero-order valence-electron chi connectivity index (χ0n) is 15.8. The number of anilines is 1. The third-order valence-electron chi connectivity index (χ3n) is 3.98. The number of aryl methyl sites for hydroxylation is 1. The van der Waals surface area contributed by atoms with Crippen LogP contribution >= 0.6 is 23.2 Å². The van der Waals surface area contributed by atoms with E-state index in [9.17, 15) is 13.2 Å². The van der Waals surface area contributed by atoms with Gasteiger partial charge in [0.15, 0.2) is 0 Å². The molecule has 6 nitrogen and oxygen atoms in total. The summed E-state index contributed by atoms with van der Waals surface area (Å²) in [5, 5.41) is 3.68. The van der Waals surface area contributed by atoms with E-state index in [1.165, 1.54) is 13.0 Å². The summed E-state index contributed by atoms with van der Waals surface area (Å²) in [5.41, 5.74) is 1.07. The molecule has 1 amide bonds. The molecule has 1 unspecified atom stereocenters. The van der Waals surface area contributed by atoms with Crippen LogP contribution in [-0.4, -0.2) is 39.8 Å². The van der Waals surface area contributed by atoms with Gasteiger partial charge in [-0.3, -0.25) is 9.10 Å². The van der Waals surface area contributed by atoms with E-state index in [1.807, 2.05) is 0 Å². The van der Waals surface area contributed by atoms with Crippen LogP contribution in [-0.2, 0) is 14.8 Å². The van der Waals surface area contributed by atoms with Crippen LogP contribution in [0.25, 0.3) is 0 Å². The third kappa shape index (κ3) is 6.02. The van der Waals surface area contributed by atoms with Gasteiger partial charge >= 0.3 is 0 Å². The minimum atomic E-state index is -3.71. The van der Waals surface area contributed by atoms with Gasteiger partial charge in [-0.1, -0.05) is 29.3 Å². The summed E-state index contributed by atoms with van der Waals surface area (Å²) in [7, 11) is -3.71. The lowest BCUT2D eigenvalue weighted by Crippen LogP contribution is -2.48. The lowest BCUT2D eigenvalue weighted by molar-refractivity contribution is -0.121. The van der Waals surface area contributed by atoms with E-state index in [4.69, 9.17) is 27.9 Å². The molecule has 28 heavy (non-hydrogen) atoms. The molecule has 9 heteroatoms. The second kappa shape index (κ2) is 9.49. The smallest absolute Gasteiger partial charge is 0.243 e. The van der Waals surface area contributed by atoms with E-state index in [0.29, 0.717) is 27.0 Å². The van der Waals surface area contributed by atoms with Crippen molar-refractivity contribution in [3.05, 3.63) is 58.1 Å². The van der Waals surface area contributed by atoms with Crippen molar-refractivity contribution in [2.45, 2.75) is 19.9 Å². The normalized spacial score (nSPS) is 12.3. The van der Waals surface area contributed by atoms with Gasteiger partial charge in [0.1, 0.15) is 18.4 Å². The number of benzene rings is 2. The first-order valence-corrected chi connectivity index (χ1v) is 11.1. The van der Waals surface area contributed by atoms with Gasteiger partial charge in [-0.25, -0.2) is 8.42 Å². The van der Waals surface area contributed by atoms with Gasteiger partial charge in [-0.15, -0.1) is 0 Å². The molecule has 1 N–H and O–H groups in total. The van der Waals surface area contributed by atoms with Crippen molar-refractivity contribution < 1.29 is 17.9 Å². The molecule has 152 valence electrons. The van der Waals surface area contributed by atoms with Crippen molar-refractivity contribution in [2.75, 3.05) is 23.7 Å². The van der Waals surface area contributed by atoms with Crippen LogP contribution in [0.5, 0.6) is 5.75 Å². The van der Waals surface area contributed by atoms with Crippen LogP contribution in [0.2, 0.25) is 10.0 Å². The molecule has 0 bridgehead atoms. The van der Waals surface area contributed by atoms with Gasteiger partial charge in [0, 0.05) is 10.0 Å². The Kier molecular flexibility index (Phi) is 7.57. The highest BCUT2D eigenvalue weighted by molar-refractivity contribution is 7.92. The van der Waals surface area contributed by atoms with Crippen LogP contribution in [0.15, 0.2) is 42.5 Å². The van der Waals surface area contributed by atoms with Crippen LogP contribution in [0.4, 0.5) is 5.69 Å². The minimum Gasteiger partial charge on any atom is -0.492 e. The highest BCUT2D eigenvalue weighted by atomic mass is 35.5. The summed E-state index contributed by atoms with van der Waals surface area (Å²) in [6.45, 7) is 3.73. The Morgan fingerprint density at radius 3 is 2.36 bits per heavy atom. The monoisotopic (exact) mass is 444 g/mol. The number of hydrogen-bond acceptors (Lipinski definition) is 4. The standard InChI is InChI=1S/C19H22Cl2N2O4S/c1-13-4-5-16(21)12-18(13)23(28(3,25)26)14(2)19(24)22-10-11-27-17-8-6-15(20)7-9-17/h4-9,12,14H,10-11H2,1-3H3,(H,22,24). The predicted octanol–water partition coefficient (Wildman–Crippen LogP) is 3.65. The highest BCUT2D eigenvalue weighted by Gasteiger charge is 2.30. The molecular formula is C19H22Cl2N2O4S. The number of halogens is 2. The van der Waals surface area contributed by atoms with Gasteiger partial charge < -0.3 is 10.1 Å². The van der Waals surface area contributed by atoms with E-state index in [1.54, 1.807) is 43.3 Å². The maximum atomic E-state index is 12.5. The zero-order chi connectivity index (χ0) is 20.9. The van der Waals surface area contributed by atoms with Crippen molar-refractivity contribution in [3.63, 3.8) is 0 Å². The van der Waals surface area contributed by atoms with Crippen LogP contribution in [0.3, 0.4) is 0 Å². The Hall–Kier alpha value is -1.96. The van der Waals surface area contributed by atoms with Crippen molar-refractivity contribution in [2.24, 2.45) is 0 Å². The van der Waals surface area contributed by atoms with Crippen LogP contribution < -0.4 is 14.4 Å². The molecule has 0 heterocycles. The second-order valence-corrected chi connectivity index (χ2v) is 8.99. The molecule has 0 aliphatic rings. The molecular weight excluding hydrogens is 423 g/mol. The van der Waals surface area contributed by atoms with Crippen molar-refractivity contribution in [3.8, 4) is 5.75 Å². The van der Waals surface area contributed by atoms with Crippen molar-refractivity contribution >= 4 is 44.8 Å². The Bertz CT molecular complexity index is 933. The fourth-order valence-corrected chi connectivity index (χ4v) is 4.14. The first-order valence-electron chi connectivity index (χ1n) is 8.51. The molecule has 0 saturated carbocycles.